The predicted octanol–water partition coefficient (Wildman–Crippen LogP) is 1.18. The maximum absolute atomic E-state index is 7.95. The molecule has 0 aromatic rings. The van der Waals surface area contributed by atoms with Crippen molar-refractivity contribution in [2.24, 2.45) is 0 Å². The lowest BCUT2D eigenvalue weighted by Gasteiger charge is -1.99. The van der Waals surface area contributed by atoms with Crippen molar-refractivity contribution in [1.82, 2.24) is 5.09 Å². The van der Waals surface area contributed by atoms with Gasteiger partial charge >= 0.3 is 0 Å². The Kier molecular flexibility index (Phi) is 1.78. The molecule has 0 aliphatic rings. The highest BCUT2D eigenvalue weighted by molar-refractivity contribution is 6.73. The highest BCUT2D eigenvalue weighted by atomic mass is 28.3. The van der Waals surface area contributed by atoms with E-state index in [9.17, 15) is 0 Å². The standard InChI is InChI=1S/C3H10N3Si/c1-7(2,3)6-5-4/h6H,1-3H3/q+1. The maximum Gasteiger partial charge on any atom is 0.292 e. The van der Waals surface area contributed by atoms with Gasteiger partial charge in [-0.15, -0.1) is 0 Å². The Labute approximate surface area is 44.4 Å². The third kappa shape index (κ3) is 5.44. The zero-order valence-electron chi connectivity index (χ0n) is 4.89. The second kappa shape index (κ2) is 1.94. The average Bonchev–Trinajstić information content (AvgIpc) is 1.30. The minimum atomic E-state index is -1.32. The van der Waals surface area contributed by atoms with E-state index >= 15 is 0 Å². The van der Waals surface area contributed by atoms with Gasteiger partial charge in [0, 0.05) is 0 Å². The second-order valence-electron chi connectivity index (χ2n) is 2.46. The quantitative estimate of drug-likeness (QED) is 0.317. The third-order valence-corrected chi connectivity index (χ3v) is 1.16. The van der Waals surface area contributed by atoms with Gasteiger partial charge in [-0.05, 0) is 19.6 Å². The summed E-state index contributed by atoms with van der Waals surface area (Å²) in [5.41, 5.74) is 0. The van der Waals surface area contributed by atoms with Crippen molar-refractivity contribution in [2.75, 3.05) is 0 Å². The summed E-state index contributed by atoms with van der Waals surface area (Å²) in [6.07, 6.45) is 0. The van der Waals surface area contributed by atoms with Crippen molar-refractivity contribution in [1.29, 1.82) is 5.39 Å². The zero-order valence-corrected chi connectivity index (χ0v) is 5.89. The van der Waals surface area contributed by atoms with Crippen LogP contribution in [0.3, 0.4) is 0 Å². The summed E-state index contributed by atoms with van der Waals surface area (Å²) in [7, 11) is -1.32. The molecule has 0 aliphatic heterocycles. The lowest BCUT2D eigenvalue weighted by Crippen LogP contribution is -2.35. The van der Waals surface area contributed by atoms with Crippen LogP contribution in [0.5, 0.6) is 0 Å². The van der Waals surface area contributed by atoms with Gasteiger partial charge in [-0.2, -0.15) is 0 Å². The van der Waals surface area contributed by atoms with Crippen molar-refractivity contribution < 1.29 is 0 Å². The Bertz CT molecular complexity index is 87.3. The van der Waals surface area contributed by atoms with E-state index in [-0.39, 0.29) is 0 Å². The minimum absolute atomic E-state index is 1.32. The minimum Gasteiger partial charge on any atom is -0.0871 e. The molecular formula is C3H10N3Si+. The molecule has 0 rings (SSSR count). The molecule has 0 heterocycles. The average molecular weight is 116 g/mol. The zero-order chi connectivity index (χ0) is 5.91. The summed E-state index contributed by atoms with van der Waals surface area (Å²) in [4.78, 5) is 0. The Morgan fingerprint density at radius 3 is 1.86 bits per heavy atom. The van der Waals surface area contributed by atoms with Crippen LogP contribution < -0.4 is 5.09 Å². The molecule has 1 N–H and O–H groups in total. The Morgan fingerprint density at radius 1 is 1.43 bits per heavy atom. The van der Waals surface area contributed by atoms with E-state index in [1.807, 2.05) is 19.6 Å². The van der Waals surface area contributed by atoms with Gasteiger partial charge in [-0.3, -0.25) is 0 Å². The molecule has 7 heavy (non-hydrogen) atoms. The molecule has 0 bridgehead atoms. The molecule has 0 saturated carbocycles. The molecule has 0 fully saturated rings. The Morgan fingerprint density at radius 2 is 1.86 bits per heavy atom. The molecule has 0 spiro atoms. The summed E-state index contributed by atoms with van der Waals surface area (Å²) in [5.74, 6) is 0. The van der Waals surface area contributed by atoms with Crippen molar-refractivity contribution in [2.45, 2.75) is 19.6 Å². The Hall–Kier alpha value is -0.563. The first kappa shape index (κ1) is 6.44. The molecule has 0 aromatic carbocycles. The largest absolute Gasteiger partial charge is 0.292 e. The lowest BCUT2D eigenvalue weighted by atomic mass is 11.8. The van der Waals surface area contributed by atoms with E-state index in [0.29, 0.717) is 0 Å². The summed E-state index contributed by atoms with van der Waals surface area (Å²) < 4.78 is 0. The number of rotatable bonds is 1. The molecule has 0 radical (unpaired) electrons. The van der Waals surface area contributed by atoms with Crippen LogP contribution in [-0.2, 0) is 0 Å². The van der Waals surface area contributed by atoms with Gasteiger partial charge in [-0.1, -0.05) is 5.09 Å². The highest BCUT2D eigenvalue weighted by Gasteiger charge is 2.18. The van der Waals surface area contributed by atoms with Crippen molar-refractivity contribution in [3.8, 4) is 0 Å². The normalized spacial score (nSPS) is 10.0. The second-order valence-corrected chi connectivity index (χ2v) is 7.19. The van der Waals surface area contributed by atoms with E-state index < -0.39 is 8.24 Å². The molecule has 0 unspecified atom stereocenters. The van der Waals surface area contributed by atoms with Crippen LogP contribution in [0.25, 0.3) is 5.08 Å². The molecule has 4 heteroatoms. The maximum atomic E-state index is 7.95. The molecule has 0 amide bonds. The Balaban J connectivity index is 3.40. The first-order valence-corrected chi connectivity index (χ1v) is 5.67. The summed E-state index contributed by atoms with van der Waals surface area (Å²) >= 11 is 0. The topological polar surface area (TPSA) is 40.2 Å². The fraction of sp³-hybridized carbons (Fsp3) is 1.00. The molecule has 0 saturated heterocycles. The van der Waals surface area contributed by atoms with Crippen LogP contribution in [0.2, 0.25) is 19.6 Å². The first-order valence-electron chi connectivity index (χ1n) is 2.17. The number of nitrogens with one attached hydrogen (secondary N) is 1. The van der Waals surface area contributed by atoms with E-state index in [1.165, 1.54) is 0 Å². The monoisotopic (exact) mass is 116 g/mol. The fourth-order valence-electron chi connectivity index (χ4n) is 0.150. The van der Waals surface area contributed by atoms with E-state index in [2.05, 4.69) is 10.2 Å². The van der Waals surface area contributed by atoms with Gasteiger partial charge in [0.2, 0.25) is 8.24 Å². The first-order chi connectivity index (χ1) is 3.06. The van der Waals surface area contributed by atoms with Gasteiger partial charge in [0.1, 0.15) is 0 Å². The molecule has 0 atom stereocenters. The summed E-state index contributed by atoms with van der Waals surface area (Å²) in [6.45, 7) is 6.14. The van der Waals surface area contributed by atoms with E-state index in [1.54, 1.807) is 0 Å². The number of hydrogen-bond donors (Lipinski definition) is 1. The van der Waals surface area contributed by atoms with Crippen molar-refractivity contribution >= 4 is 8.24 Å². The molecule has 0 aromatic heterocycles. The van der Waals surface area contributed by atoms with Gasteiger partial charge in [0.25, 0.3) is 10.5 Å². The van der Waals surface area contributed by atoms with Gasteiger partial charge in [0.15, 0.2) is 0 Å². The van der Waals surface area contributed by atoms with Crippen LogP contribution in [0.4, 0.5) is 0 Å². The summed E-state index contributed by atoms with van der Waals surface area (Å²) in [6, 6.07) is 0. The van der Waals surface area contributed by atoms with Gasteiger partial charge < -0.3 is 0 Å². The number of hydrogen-bond acceptors (Lipinski definition) is 2. The highest BCUT2D eigenvalue weighted by Crippen LogP contribution is 1.91. The van der Waals surface area contributed by atoms with E-state index in [4.69, 9.17) is 5.39 Å². The lowest BCUT2D eigenvalue weighted by molar-refractivity contribution is 1.17. The SMILES string of the molecule is C[Si](C)(C)N[N+]#N. The third-order valence-electron chi connectivity index (χ3n) is 0.385. The van der Waals surface area contributed by atoms with Crippen molar-refractivity contribution in [3.05, 3.63) is 5.08 Å². The van der Waals surface area contributed by atoms with Crippen molar-refractivity contribution in [3.63, 3.8) is 0 Å². The smallest absolute Gasteiger partial charge is 0.0871 e. The van der Waals surface area contributed by atoms with E-state index in [0.717, 1.165) is 0 Å². The fourth-order valence-corrected chi connectivity index (χ4v) is 0.450. The van der Waals surface area contributed by atoms with Crippen LogP contribution in [0.15, 0.2) is 0 Å². The summed E-state index contributed by atoms with van der Waals surface area (Å²) in [5, 5.41) is 13.4. The predicted molar refractivity (Wildman–Crippen MR) is 31.6 cm³/mol. The number of nitrogens with zero attached hydrogens (tertiary/aromatic N) is 2. The molecule has 40 valence electrons. The molecule has 3 nitrogen and oxygen atoms in total. The molecule has 0 aliphatic carbocycles. The van der Waals surface area contributed by atoms with Crippen LogP contribution in [0.1, 0.15) is 0 Å². The molecular weight excluding hydrogens is 106 g/mol. The van der Waals surface area contributed by atoms with Crippen LogP contribution in [0, 0.1) is 5.39 Å². The van der Waals surface area contributed by atoms with Crippen LogP contribution in [-0.4, -0.2) is 8.24 Å². The van der Waals surface area contributed by atoms with Crippen LogP contribution >= 0.6 is 0 Å². The van der Waals surface area contributed by atoms with Gasteiger partial charge in [0.05, 0.1) is 0 Å². The number of diazo groups is 1. The van der Waals surface area contributed by atoms with Gasteiger partial charge in [-0.25, -0.2) is 0 Å².